The van der Waals surface area contributed by atoms with Crippen LogP contribution in [0.25, 0.3) is 0 Å². The Kier molecular flexibility index (Phi) is 2.18. The number of aliphatic hydroxyl groups is 1. The van der Waals surface area contributed by atoms with Crippen molar-refractivity contribution in [3.8, 4) is 0 Å². The van der Waals surface area contributed by atoms with Crippen molar-refractivity contribution in [2.45, 2.75) is 23.2 Å². The van der Waals surface area contributed by atoms with Gasteiger partial charge in [0.2, 0.25) is 0 Å². The molecule has 0 spiro atoms. The fraction of sp³-hybridized carbons (Fsp3) is 0.500. The van der Waals surface area contributed by atoms with Gasteiger partial charge in [0.1, 0.15) is 0 Å². The summed E-state index contributed by atoms with van der Waals surface area (Å²) in [5.74, 6) is 1.15. The monoisotopic (exact) mass is 221 g/mol. The van der Waals surface area contributed by atoms with Crippen molar-refractivity contribution in [3.05, 3.63) is 23.8 Å². The minimum atomic E-state index is 0.0961. The molecule has 1 heterocycles. The summed E-state index contributed by atoms with van der Waals surface area (Å²) in [6.07, 6.45) is 2.27. The molecule has 1 fully saturated rings. The van der Waals surface area contributed by atoms with Gasteiger partial charge in [-0.25, -0.2) is 0 Å². The molecule has 2 N–H and O–H groups in total. The van der Waals surface area contributed by atoms with Crippen molar-refractivity contribution in [2.75, 3.05) is 24.2 Å². The second kappa shape index (κ2) is 3.42. The van der Waals surface area contributed by atoms with Gasteiger partial charge in [-0.15, -0.1) is 11.8 Å². The van der Waals surface area contributed by atoms with Crippen molar-refractivity contribution in [2.24, 2.45) is 0 Å². The normalized spacial score (nSPS) is 21.7. The summed E-state index contributed by atoms with van der Waals surface area (Å²) in [7, 11) is 0. The largest absolute Gasteiger partial charge is 0.395 e. The highest BCUT2D eigenvalue weighted by atomic mass is 32.2. The number of benzene rings is 1. The van der Waals surface area contributed by atoms with Gasteiger partial charge in [-0.1, -0.05) is 6.07 Å². The number of anilines is 1. The predicted molar refractivity (Wildman–Crippen MR) is 63.7 cm³/mol. The number of rotatable bonds is 2. The Labute approximate surface area is 94.1 Å². The zero-order valence-electron chi connectivity index (χ0n) is 8.62. The first-order valence-corrected chi connectivity index (χ1v) is 6.45. The van der Waals surface area contributed by atoms with E-state index in [1.807, 2.05) is 11.8 Å². The Hall–Kier alpha value is -0.670. The van der Waals surface area contributed by atoms with Crippen LogP contribution in [0.2, 0.25) is 0 Å². The standard InChI is InChI=1S/C12H15NOS/c14-8-12(3-4-12)9-1-2-11-10(7-9)13-5-6-15-11/h1-2,7,13-14H,3-6,8H2. The van der Waals surface area contributed by atoms with E-state index in [2.05, 4.69) is 23.5 Å². The van der Waals surface area contributed by atoms with Crippen LogP contribution in [-0.4, -0.2) is 24.0 Å². The van der Waals surface area contributed by atoms with Crippen molar-refractivity contribution >= 4 is 17.4 Å². The summed E-state index contributed by atoms with van der Waals surface area (Å²) < 4.78 is 0. The zero-order valence-corrected chi connectivity index (χ0v) is 9.44. The van der Waals surface area contributed by atoms with Crippen molar-refractivity contribution in [1.82, 2.24) is 0 Å². The van der Waals surface area contributed by atoms with E-state index in [1.165, 1.54) is 16.1 Å². The first-order chi connectivity index (χ1) is 7.34. The van der Waals surface area contributed by atoms with Crippen molar-refractivity contribution in [1.29, 1.82) is 0 Å². The van der Waals surface area contributed by atoms with E-state index in [0.29, 0.717) is 6.61 Å². The quantitative estimate of drug-likeness (QED) is 0.803. The highest BCUT2D eigenvalue weighted by Gasteiger charge is 2.43. The number of hydrogen-bond acceptors (Lipinski definition) is 3. The van der Waals surface area contributed by atoms with Crippen LogP contribution in [0, 0.1) is 0 Å². The third kappa shape index (κ3) is 1.54. The summed E-state index contributed by atoms with van der Waals surface area (Å²) in [4.78, 5) is 1.35. The number of thioether (sulfide) groups is 1. The van der Waals surface area contributed by atoms with Gasteiger partial charge in [-0.2, -0.15) is 0 Å². The summed E-state index contributed by atoms with van der Waals surface area (Å²) in [5.41, 5.74) is 2.65. The van der Waals surface area contributed by atoms with Crippen LogP contribution in [0.5, 0.6) is 0 Å². The second-order valence-electron chi connectivity index (χ2n) is 4.42. The maximum Gasteiger partial charge on any atom is 0.0527 e. The van der Waals surface area contributed by atoms with Crippen molar-refractivity contribution in [3.63, 3.8) is 0 Å². The van der Waals surface area contributed by atoms with E-state index in [4.69, 9.17) is 0 Å². The zero-order chi connectivity index (χ0) is 10.3. The lowest BCUT2D eigenvalue weighted by Gasteiger charge is -2.20. The molecule has 0 amide bonds. The molecule has 3 rings (SSSR count). The van der Waals surface area contributed by atoms with Gasteiger partial charge < -0.3 is 10.4 Å². The summed E-state index contributed by atoms with van der Waals surface area (Å²) in [5, 5.41) is 12.8. The molecule has 3 heteroatoms. The fourth-order valence-electron chi connectivity index (χ4n) is 2.16. The molecule has 0 aromatic heterocycles. The Morgan fingerprint density at radius 2 is 2.27 bits per heavy atom. The molecule has 1 aromatic rings. The van der Waals surface area contributed by atoms with Gasteiger partial charge in [0, 0.05) is 28.3 Å². The minimum absolute atomic E-state index is 0.0961. The Bertz CT molecular complexity index is 387. The van der Waals surface area contributed by atoms with Crippen LogP contribution < -0.4 is 5.32 Å². The smallest absolute Gasteiger partial charge is 0.0527 e. The predicted octanol–water partition coefficient (Wildman–Crippen LogP) is 2.23. The molecule has 0 radical (unpaired) electrons. The van der Waals surface area contributed by atoms with Gasteiger partial charge in [0.05, 0.1) is 6.61 Å². The Morgan fingerprint density at radius 1 is 1.40 bits per heavy atom. The molecule has 0 saturated heterocycles. The molecule has 0 bridgehead atoms. The van der Waals surface area contributed by atoms with Crippen LogP contribution in [0.15, 0.2) is 23.1 Å². The molecular weight excluding hydrogens is 206 g/mol. The lowest BCUT2D eigenvalue weighted by molar-refractivity contribution is 0.255. The van der Waals surface area contributed by atoms with Gasteiger partial charge in [-0.3, -0.25) is 0 Å². The number of hydrogen-bond donors (Lipinski definition) is 2. The van der Waals surface area contributed by atoms with E-state index in [1.54, 1.807) is 0 Å². The van der Waals surface area contributed by atoms with Gasteiger partial charge >= 0.3 is 0 Å². The maximum atomic E-state index is 9.39. The lowest BCUT2D eigenvalue weighted by Crippen LogP contribution is -2.15. The molecular formula is C12H15NOS. The first-order valence-electron chi connectivity index (χ1n) is 5.46. The molecule has 1 saturated carbocycles. The molecule has 2 aliphatic rings. The summed E-state index contributed by atoms with van der Waals surface area (Å²) >= 11 is 1.91. The summed E-state index contributed by atoms with van der Waals surface area (Å²) in [6.45, 7) is 1.34. The number of nitrogens with one attached hydrogen (secondary N) is 1. The molecule has 2 nitrogen and oxygen atoms in total. The second-order valence-corrected chi connectivity index (χ2v) is 5.56. The third-order valence-corrected chi connectivity index (χ3v) is 4.50. The van der Waals surface area contributed by atoms with Crippen LogP contribution in [0.1, 0.15) is 18.4 Å². The van der Waals surface area contributed by atoms with Gasteiger partial charge in [-0.05, 0) is 30.5 Å². The Balaban J connectivity index is 1.97. The third-order valence-electron chi connectivity index (χ3n) is 3.42. The molecule has 15 heavy (non-hydrogen) atoms. The lowest BCUT2D eigenvalue weighted by atomic mass is 9.96. The molecule has 80 valence electrons. The van der Waals surface area contributed by atoms with Crippen molar-refractivity contribution < 1.29 is 5.11 Å². The van der Waals surface area contributed by atoms with E-state index in [0.717, 1.165) is 25.1 Å². The summed E-state index contributed by atoms with van der Waals surface area (Å²) in [6, 6.07) is 6.60. The SMILES string of the molecule is OCC1(c2ccc3c(c2)NCCS3)CC1. The molecule has 1 aromatic carbocycles. The average Bonchev–Trinajstić information content (AvgIpc) is 3.09. The molecule has 0 unspecified atom stereocenters. The molecule has 1 aliphatic carbocycles. The minimum Gasteiger partial charge on any atom is -0.395 e. The number of aliphatic hydroxyl groups excluding tert-OH is 1. The first kappa shape index (κ1) is 9.55. The maximum absolute atomic E-state index is 9.39. The van der Waals surface area contributed by atoms with Crippen LogP contribution in [-0.2, 0) is 5.41 Å². The van der Waals surface area contributed by atoms with Gasteiger partial charge in [0.15, 0.2) is 0 Å². The van der Waals surface area contributed by atoms with Crippen LogP contribution >= 0.6 is 11.8 Å². The molecule has 1 aliphatic heterocycles. The van der Waals surface area contributed by atoms with Crippen LogP contribution in [0.3, 0.4) is 0 Å². The van der Waals surface area contributed by atoms with Crippen LogP contribution in [0.4, 0.5) is 5.69 Å². The Morgan fingerprint density at radius 3 is 3.00 bits per heavy atom. The topological polar surface area (TPSA) is 32.3 Å². The van der Waals surface area contributed by atoms with Gasteiger partial charge in [0.25, 0.3) is 0 Å². The average molecular weight is 221 g/mol. The highest BCUT2D eigenvalue weighted by Crippen LogP contribution is 2.49. The number of fused-ring (bicyclic) bond motifs is 1. The van der Waals surface area contributed by atoms with E-state index < -0.39 is 0 Å². The van der Waals surface area contributed by atoms with E-state index >= 15 is 0 Å². The highest BCUT2D eigenvalue weighted by molar-refractivity contribution is 7.99. The molecule has 0 atom stereocenters. The fourth-order valence-corrected chi connectivity index (χ4v) is 3.03. The van der Waals surface area contributed by atoms with E-state index in [9.17, 15) is 5.11 Å². The van der Waals surface area contributed by atoms with E-state index in [-0.39, 0.29) is 5.41 Å².